The van der Waals surface area contributed by atoms with Crippen LogP contribution in [0.25, 0.3) is 22.3 Å². The first-order valence-corrected chi connectivity index (χ1v) is 12.6. The van der Waals surface area contributed by atoms with Gasteiger partial charge in [0.15, 0.2) is 28.6 Å². The highest BCUT2D eigenvalue weighted by atomic mass is 16.6. The maximum atomic E-state index is 13.1. The van der Waals surface area contributed by atoms with Gasteiger partial charge in [-0.3, -0.25) is 4.79 Å². The molecule has 0 bridgehead atoms. The second-order valence-electron chi connectivity index (χ2n) is 9.57. The van der Waals surface area contributed by atoms with Crippen molar-refractivity contribution in [3.8, 4) is 40.1 Å². The molecule has 1 aliphatic heterocycles. The average molecular weight is 583 g/mol. The Hall–Kier alpha value is -4.82. The molecule has 5 atom stereocenters. The number of aliphatic hydroxyl groups is 3. The SMILES string of the molecule is COc1cc(C(=O)O[C@@H]2[C@@H](O)[C@H](O)[C@@H](CO)O[C@H]2c2c(O)cc(O)c3c(=O)cc(-c4ccc(O)cc4)oc23)ccc1O. The van der Waals surface area contributed by atoms with E-state index in [1.54, 1.807) is 0 Å². The van der Waals surface area contributed by atoms with E-state index in [1.807, 2.05) is 0 Å². The minimum Gasteiger partial charge on any atom is -0.508 e. The van der Waals surface area contributed by atoms with Crippen LogP contribution in [0.4, 0.5) is 0 Å². The third-order valence-electron chi connectivity index (χ3n) is 6.96. The van der Waals surface area contributed by atoms with Gasteiger partial charge in [-0.2, -0.15) is 0 Å². The van der Waals surface area contributed by atoms with Crippen molar-refractivity contribution < 1.29 is 59.2 Å². The number of aliphatic hydroxyl groups excluding tert-OH is 3. The fourth-order valence-corrected chi connectivity index (χ4v) is 4.82. The summed E-state index contributed by atoms with van der Waals surface area (Å²) in [6, 6.07) is 11.1. The second-order valence-corrected chi connectivity index (χ2v) is 9.57. The second kappa shape index (κ2) is 11.2. The smallest absolute Gasteiger partial charge is 0.338 e. The number of hydrogen-bond acceptors (Lipinski definition) is 13. The number of carbonyl (C=O) groups excluding carboxylic acids is 1. The van der Waals surface area contributed by atoms with Gasteiger partial charge in [-0.15, -0.1) is 0 Å². The van der Waals surface area contributed by atoms with E-state index in [-0.39, 0.29) is 45.1 Å². The quantitative estimate of drug-likeness (QED) is 0.161. The Bertz CT molecular complexity index is 1700. The number of phenols is 4. The third kappa shape index (κ3) is 5.05. The van der Waals surface area contributed by atoms with Gasteiger partial charge < -0.3 is 54.4 Å². The molecule has 5 rings (SSSR count). The number of rotatable bonds is 6. The molecule has 0 radical (unpaired) electrons. The molecule has 220 valence electrons. The van der Waals surface area contributed by atoms with Crippen LogP contribution in [0.15, 0.2) is 63.8 Å². The zero-order chi connectivity index (χ0) is 30.3. The fourth-order valence-electron chi connectivity index (χ4n) is 4.82. The molecule has 13 nitrogen and oxygen atoms in total. The summed E-state index contributed by atoms with van der Waals surface area (Å²) in [6.45, 7) is -0.788. The molecule has 1 fully saturated rings. The molecule has 13 heteroatoms. The first kappa shape index (κ1) is 28.7. The molecule has 1 aromatic heterocycles. The first-order valence-electron chi connectivity index (χ1n) is 12.6. The van der Waals surface area contributed by atoms with Crippen molar-refractivity contribution in [2.75, 3.05) is 13.7 Å². The molecule has 1 aliphatic rings. The van der Waals surface area contributed by atoms with E-state index in [4.69, 9.17) is 18.6 Å². The zero-order valence-corrected chi connectivity index (χ0v) is 21.9. The molecule has 0 amide bonds. The van der Waals surface area contributed by atoms with Crippen LogP contribution in [0.5, 0.6) is 28.7 Å². The summed E-state index contributed by atoms with van der Waals surface area (Å²) in [5.41, 5.74) is -1.21. The molecule has 2 heterocycles. The number of methoxy groups -OCH3 is 1. The van der Waals surface area contributed by atoms with Crippen molar-refractivity contribution in [3.05, 3.63) is 75.9 Å². The van der Waals surface area contributed by atoms with Gasteiger partial charge in [0.25, 0.3) is 0 Å². The highest BCUT2D eigenvalue weighted by Gasteiger charge is 2.49. The van der Waals surface area contributed by atoms with Gasteiger partial charge in [-0.1, -0.05) is 0 Å². The van der Waals surface area contributed by atoms with E-state index in [0.717, 1.165) is 12.1 Å². The Kier molecular flexibility index (Phi) is 7.67. The predicted molar refractivity (Wildman–Crippen MR) is 143 cm³/mol. The highest BCUT2D eigenvalue weighted by Crippen LogP contribution is 2.45. The molecule has 3 aromatic carbocycles. The first-order chi connectivity index (χ1) is 20.0. The molecule has 0 saturated carbocycles. The molecular weight excluding hydrogens is 556 g/mol. The monoisotopic (exact) mass is 582 g/mol. The number of aromatic hydroxyl groups is 4. The standard InChI is InChI=1S/C29H26O13/c1-39-20-8-13(4-7-15(20)32)29(38)42-28-25(37)24(36)21(11-30)41-27(28)23-17(34)9-16(33)22-18(35)10-19(40-26(22)23)12-2-5-14(31)6-3-12/h2-10,21,24-25,27-28,30-34,36-37H,11H2,1H3/t21-,24-,25+,27+,28-/m1/s1. The summed E-state index contributed by atoms with van der Waals surface area (Å²) in [5.74, 6) is -2.75. The number of phenolic OH excluding ortho intramolecular Hbond substituents is 4. The minimum atomic E-state index is -1.88. The van der Waals surface area contributed by atoms with Gasteiger partial charge in [-0.05, 0) is 42.5 Å². The van der Waals surface area contributed by atoms with Gasteiger partial charge in [-0.25, -0.2) is 4.79 Å². The lowest BCUT2D eigenvalue weighted by Crippen LogP contribution is -2.56. The summed E-state index contributed by atoms with van der Waals surface area (Å²) >= 11 is 0. The van der Waals surface area contributed by atoms with Crippen LogP contribution in [-0.4, -0.2) is 79.8 Å². The van der Waals surface area contributed by atoms with Gasteiger partial charge in [0.05, 0.1) is 24.8 Å². The molecule has 0 unspecified atom stereocenters. The Morgan fingerprint density at radius 2 is 1.62 bits per heavy atom. The molecule has 0 aliphatic carbocycles. The van der Waals surface area contributed by atoms with Crippen molar-refractivity contribution in [2.45, 2.75) is 30.5 Å². The normalized spacial score (nSPS) is 22.1. The Labute approximate surface area is 236 Å². The van der Waals surface area contributed by atoms with Crippen molar-refractivity contribution in [3.63, 3.8) is 0 Å². The van der Waals surface area contributed by atoms with E-state index in [1.165, 1.54) is 49.6 Å². The highest BCUT2D eigenvalue weighted by molar-refractivity contribution is 5.91. The van der Waals surface area contributed by atoms with Crippen LogP contribution < -0.4 is 10.2 Å². The van der Waals surface area contributed by atoms with Crippen molar-refractivity contribution in [1.82, 2.24) is 0 Å². The third-order valence-corrected chi connectivity index (χ3v) is 6.96. The summed E-state index contributed by atoms with van der Waals surface area (Å²) < 4.78 is 22.3. The molecule has 42 heavy (non-hydrogen) atoms. The van der Waals surface area contributed by atoms with E-state index in [9.17, 15) is 45.3 Å². The molecular formula is C29H26O13. The Morgan fingerprint density at radius 1 is 0.905 bits per heavy atom. The van der Waals surface area contributed by atoms with Gasteiger partial charge >= 0.3 is 5.97 Å². The topological polar surface area (TPSA) is 217 Å². The molecule has 7 N–H and O–H groups in total. The predicted octanol–water partition coefficient (Wildman–Crippen LogP) is 1.67. The molecule has 4 aromatic rings. The lowest BCUT2D eigenvalue weighted by molar-refractivity contribution is -0.231. The number of benzene rings is 3. The maximum absolute atomic E-state index is 13.1. The lowest BCUT2D eigenvalue weighted by Gasteiger charge is -2.42. The largest absolute Gasteiger partial charge is 0.508 e. The summed E-state index contributed by atoms with van der Waals surface area (Å²) in [7, 11) is 1.27. The van der Waals surface area contributed by atoms with Crippen LogP contribution in [0.2, 0.25) is 0 Å². The Morgan fingerprint density at radius 3 is 2.29 bits per heavy atom. The molecule has 1 saturated heterocycles. The van der Waals surface area contributed by atoms with E-state index >= 15 is 0 Å². The number of fused-ring (bicyclic) bond motifs is 1. The Balaban J connectivity index is 1.67. The number of carbonyl (C=O) groups is 1. The fraction of sp³-hybridized carbons (Fsp3) is 0.241. The minimum absolute atomic E-state index is 0.0291. The number of ether oxygens (including phenoxy) is 3. The van der Waals surface area contributed by atoms with Gasteiger partial charge in [0, 0.05) is 17.7 Å². The van der Waals surface area contributed by atoms with Crippen LogP contribution in [0.3, 0.4) is 0 Å². The van der Waals surface area contributed by atoms with E-state index < -0.39 is 60.0 Å². The van der Waals surface area contributed by atoms with Crippen molar-refractivity contribution in [1.29, 1.82) is 0 Å². The van der Waals surface area contributed by atoms with E-state index in [0.29, 0.717) is 5.56 Å². The van der Waals surface area contributed by atoms with Crippen LogP contribution in [0, 0.1) is 0 Å². The summed E-state index contributed by atoms with van der Waals surface area (Å²) in [6.07, 6.45) is -8.45. The number of hydrogen-bond donors (Lipinski definition) is 7. The summed E-state index contributed by atoms with van der Waals surface area (Å²) in [5, 5.41) is 72.1. The van der Waals surface area contributed by atoms with Crippen LogP contribution in [0.1, 0.15) is 22.0 Å². The number of esters is 1. The van der Waals surface area contributed by atoms with Crippen molar-refractivity contribution in [2.24, 2.45) is 0 Å². The van der Waals surface area contributed by atoms with Crippen molar-refractivity contribution >= 4 is 16.9 Å². The van der Waals surface area contributed by atoms with Gasteiger partial charge in [0.2, 0.25) is 0 Å². The van der Waals surface area contributed by atoms with Crippen LogP contribution >= 0.6 is 0 Å². The van der Waals surface area contributed by atoms with Crippen LogP contribution in [-0.2, 0) is 9.47 Å². The van der Waals surface area contributed by atoms with E-state index in [2.05, 4.69) is 0 Å². The average Bonchev–Trinajstić information content (AvgIpc) is 2.96. The lowest BCUT2D eigenvalue weighted by atomic mass is 9.89. The van der Waals surface area contributed by atoms with Gasteiger partial charge in [0.1, 0.15) is 52.8 Å². The maximum Gasteiger partial charge on any atom is 0.338 e. The molecule has 0 spiro atoms. The zero-order valence-electron chi connectivity index (χ0n) is 21.9. The summed E-state index contributed by atoms with van der Waals surface area (Å²) in [4.78, 5) is 26.3.